The zero-order valence-electron chi connectivity index (χ0n) is 11.7. The molecule has 0 heterocycles. The lowest BCUT2D eigenvalue weighted by Crippen LogP contribution is -2.35. The summed E-state index contributed by atoms with van der Waals surface area (Å²) >= 11 is 11.9. The molecule has 0 amide bonds. The fourth-order valence-electron chi connectivity index (χ4n) is 1.61. The van der Waals surface area contributed by atoms with Gasteiger partial charge in [0.15, 0.2) is 0 Å². The van der Waals surface area contributed by atoms with Crippen molar-refractivity contribution in [3.63, 3.8) is 0 Å². The second-order valence-corrected chi connectivity index (χ2v) is 6.79. The maximum absolute atomic E-state index is 12.3. The van der Waals surface area contributed by atoms with Gasteiger partial charge in [-0.3, -0.25) is 0 Å². The minimum absolute atomic E-state index is 0.0328. The molecule has 0 fully saturated rings. The molecule has 0 aliphatic heterocycles. The van der Waals surface area contributed by atoms with Gasteiger partial charge in [-0.05, 0) is 17.7 Å². The maximum Gasteiger partial charge on any atom is 0.242 e. The monoisotopic (exact) mass is 356 g/mol. The molecule has 1 atom stereocenters. The fraction of sp³-hybridized carbons (Fsp3) is 0.500. The Morgan fingerprint density at radius 3 is 2.48 bits per heavy atom. The van der Waals surface area contributed by atoms with Gasteiger partial charge < -0.3 is 15.2 Å². The Labute approximate surface area is 134 Å². The summed E-state index contributed by atoms with van der Waals surface area (Å²) in [6.45, 7) is 0.438. The van der Waals surface area contributed by atoms with E-state index in [1.807, 2.05) is 0 Å². The van der Waals surface area contributed by atoms with E-state index in [2.05, 4.69) is 4.72 Å². The number of nitrogens with two attached hydrogens (primary N) is 1. The van der Waals surface area contributed by atoms with Crippen LogP contribution in [0.5, 0.6) is 0 Å². The van der Waals surface area contributed by atoms with Crippen LogP contribution in [-0.4, -0.2) is 41.9 Å². The topological polar surface area (TPSA) is 90.7 Å². The first kappa shape index (κ1) is 18.6. The van der Waals surface area contributed by atoms with Crippen LogP contribution in [0.25, 0.3) is 0 Å². The molecule has 0 aliphatic carbocycles. The van der Waals surface area contributed by atoms with Crippen LogP contribution in [-0.2, 0) is 26.0 Å². The molecule has 1 aromatic rings. The van der Waals surface area contributed by atoms with Crippen molar-refractivity contribution in [3.8, 4) is 0 Å². The van der Waals surface area contributed by atoms with Crippen molar-refractivity contribution in [1.29, 1.82) is 0 Å². The van der Waals surface area contributed by atoms with Gasteiger partial charge in [0.1, 0.15) is 4.90 Å². The number of benzene rings is 1. The number of methoxy groups -OCH3 is 2. The van der Waals surface area contributed by atoms with E-state index in [1.54, 1.807) is 0 Å². The molecule has 1 unspecified atom stereocenters. The molecule has 0 saturated carbocycles. The Morgan fingerprint density at radius 2 is 1.95 bits per heavy atom. The summed E-state index contributed by atoms with van der Waals surface area (Å²) in [6.07, 6.45) is -0.398. The number of sulfonamides is 1. The van der Waals surface area contributed by atoms with Gasteiger partial charge in [-0.2, -0.15) is 0 Å². The third kappa shape index (κ3) is 5.07. The van der Waals surface area contributed by atoms with Gasteiger partial charge in [-0.25, -0.2) is 13.1 Å². The van der Waals surface area contributed by atoms with Crippen LogP contribution in [0.2, 0.25) is 10.0 Å². The van der Waals surface area contributed by atoms with Crippen molar-refractivity contribution in [2.45, 2.75) is 17.5 Å². The van der Waals surface area contributed by atoms with Gasteiger partial charge in [0.05, 0.1) is 17.7 Å². The molecule has 1 rings (SSSR count). The lowest BCUT2D eigenvalue weighted by Gasteiger charge is -2.16. The van der Waals surface area contributed by atoms with Gasteiger partial charge in [0.2, 0.25) is 10.0 Å². The Morgan fingerprint density at radius 1 is 1.29 bits per heavy atom. The minimum atomic E-state index is -3.80. The predicted octanol–water partition coefficient (Wildman–Crippen LogP) is 1.39. The van der Waals surface area contributed by atoms with E-state index in [4.69, 9.17) is 38.4 Å². The molecule has 0 saturated heterocycles. The molecule has 3 N–H and O–H groups in total. The molecule has 1 aromatic carbocycles. The molecule has 0 bridgehead atoms. The van der Waals surface area contributed by atoms with E-state index in [0.717, 1.165) is 0 Å². The first-order valence-electron chi connectivity index (χ1n) is 6.05. The second-order valence-electron chi connectivity index (χ2n) is 4.24. The number of hydrogen-bond donors (Lipinski definition) is 2. The van der Waals surface area contributed by atoms with Gasteiger partial charge in [0, 0.05) is 32.3 Å². The SMILES string of the molecule is COCC(CNS(=O)(=O)c1cc(CN)c(Cl)cc1Cl)OC. The summed E-state index contributed by atoms with van der Waals surface area (Å²) in [5.74, 6) is 0. The lowest BCUT2D eigenvalue weighted by molar-refractivity contribution is 0.0320. The third-order valence-electron chi connectivity index (χ3n) is 2.80. The molecule has 21 heavy (non-hydrogen) atoms. The Kier molecular flexibility index (Phi) is 7.35. The first-order valence-corrected chi connectivity index (χ1v) is 8.29. The van der Waals surface area contributed by atoms with Crippen LogP contribution in [0.1, 0.15) is 5.56 Å². The number of nitrogens with one attached hydrogen (secondary N) is 1. The summed E-state index contributed by atoms with van der Waals surface area (Å²) in [4.78, 5) is -0.0683. The number of rotatable bonds is 8. The normalized spacial score (nSPS) is 13.4. The van der Waals surface area contributed by atoms with Crippen molar-refractivity contribution in [2.75, 3.05) is 27.4 Å². The maximum atomic E-state index is 12.3. The van der Waals surface area contributed by atoms with Crippen molar-refractivity contribution >= 4 is 33.2 Å². The molecular weight excluding hydrogens is 339 g/mol. The summed E-state index contributed by atoms with van der Waals surface area (Å²) in [7, 11) is -0.819. The van der Waals surface area contributed by atoms with E-state index in [-0.39, 0.29) is 29.6 Å². The average Bonchev–Trinajstić information content (AvgIpc) is 2.43. The van der Waals surface area contributed by atoms with E-state index in [0.29, 0.717) is 10.6 Å². The van der Waals surface area contributed by atoms with Crippen LogP contribution in [0.4, 0.5) is 0 Å². The highest BCUT2D eigenvalue weighted by atomic mass is 35.5. The van der Waals surface area contributed by atoms with E-state index >= 15 is 0 Å². The van der Waals surface area contributed by atoms with Crippen LogP contribution in [0.3, 0.4) is 0 Å². The third-order valence-corrected chi connectivity index (χ3v) is 5.04. The number of hydrogen-bond acceptors (Lipinski definition) is 5. The fourth-order valence-corrected chi connectivity index (χ4v) is 3.55. The highest BCUT2D eigenvalue weighted by molar-refractivity contribution is 7.89. The highest BCUT2D eigenvalue weighted by Gasteiger charge is 2.21. The van der Waals surface area contributed by atoms with Crippen LogP contribution < -0.4 is 10.5 Å². The standard InChI is InChI=1S/C12H18Cl2N2O4S/c1-19-7-9(20-2)6-16-21(17,18)12-3-8(5-15)10(13)4-11(12)14/h3-4,9,16H,5-7,15H2,1-2H3. The first-order chi connectivity index (χ1) is 9.85. The molecule has 6 nitrogen and oxygen atoms in total. The second kappa shape index (κ2) is 8.28. The highest BCUT2D eigenvalue weighted by Crippen LogP contribution is 2.28. The van der Waals surface area contributed by atoms with Crippen LogP contribution >= 0.6 is 23.2 Å². The zero-order chi connectivity index (χ0) is 16.0. The smallest absolute Gasteiger partial charge is 0.242 e. The molecular formula is C12H18Cl2N2O4S. The summed E-state index contributed by atoms with van der Waals surface area (Å²) < 4.78 is 37.0. The largest absolute Gasteiger partial charge is 0.382 e. The van der Waals surface area contributed by atoms with E-state index in [9.17, 15) is 8.42 Å². The number of halogens is 2. The summed E-state index contributed by atoms with van der Waals surface area (Å²) in [6, 6.07) is 2.73. The van der Waals surface area contributed by atoms with Crippen LogP contribution in [0.15, 0.2) is 17.0 Å². The van der Waals surface area contributed by atoms with Gasteiger partial charge >= 0.3 is 0 Å². The van der Waals surface area contributed by atoms with Gasteiger partial charge in [-0.1, -0.05) is 23.2 Å². The van der Waals surface area contributed by atoms with Gasteiger partial charge in [-0.15, -0.1) is 0 Å². The summed E-state index contributed by atoms with van der Waals surface area (Å²) in [5.41, 5.74) is 6.02. The molecule has 0 aromatic heterocycles. The molecule has 0 aliphatic rings. The lowest BCUT2D eigenvalue weighted by atomic mass is 10.2. The van der Waals surface area contributed by atoms with E-state index < -0.39 is 16.1 Å². The molecule has 9 heteroatoms. The van der Waals surface area contributed by atoms with Gasteiger partial charge in [0.25, 0.3) is 0 Å². The molecule has 120 valence electrons. The molecule has 0 radical (unpaired) electrons. The summed E-state index contributed by atoms with van der Waals surface area (Å²) in [5, 5.41) is 0.362. The van der Waals surface area contributed by atoms with Crippen molar-refractivity contribution < 1.29 is 17.9 Å². The minimum Gasteiger partial charge on any atom is -0.382 e. The van der Waals surface area contributed by atoms with E-state index in [1.165, 1.54) is 26.4 Å². The zero-order valence-corrected chi connectivity index (χ0v) is 14.1. The quantitative estimate of drug-likeness (QED) is 0.734. The van der Waals surface area contributed by atoms with Crippen LogP contribution in [0, 0.1) is 0 Å². The Balaban J connectivity index is 2.97. The van der Waals surface area contributed by atoms with Crippen molar-refractivity contribution in [1.82, 2.24) is 4.72 Å². The molecule has 0 spiro atoms. The Hall–Kier alpha value is -0.410. The Bertz CT molecular complexity index is 581. The van der Waals surface area contributed by atoms with Crippen molar-refractivity contribution in [3.05, 3.63) is 27.7 Å². The van der Waals surface area contributed by atoms with Crippen molar-refractivity contribution in [2.24, 2.45) is 5.73 Å². The number of ether oxygens (including phenoxy) is 2. The average molecular weight is 357 g/mol. The predicted molar refractivity (Wildman–Crippen MR) is 82.2 cm³/mol.